The van der Waals surface area contributed by atoms with Crippen LogP contribution in [-0.4, -0.2) is 34.4 Å². The molecule has 156 valence electrons. The highest BCUT2D eigenvalue weighted by Gasteiger charge is 2.12. The number of ether oxygens (including phenoxy) is 1. The van der Waals surface area contributed by atoms with Crippen LogP contribution in [0.15, 0.2) is 48.5 Å². The van der Waals surface area contributed by atoms with Gasteiger partial charge >= 0.3 is 11.9 Å². The summed E-state index contributed by atoms with van der Waals surface area (Å²) in [6, 6.07) is 12.5. The second kappa shape index (κ2) is 11.5. The number of aliphatic carboxylic acids is 2. The van der Waals surface area contributed by atoms with Crippen LogP contribution in [0.4, 0.5) is 0 Å². The van der Waals surface area contributed by atoms with Crippen LogP contribution in [0, 0.1) is 5.92 Å². The number of aromatic hydroxyl groups is 1. The molecule has 0 aliphatic rings. The Morgan fingerprint density at radius 3 is 2.14 bits per heavy atom. The first kappa shape index (κ1) is 23.8. The zero-order chi connectivity index (χ0) is 22.0. The number of phenols is 1. The monoisotopic (exact) mass is 400 g/mol. The molecular weight excluding hydrogens is 372 g/mol. The normalized spacial score (nSPS) is 11.6. The van der Waals surface area contributed by atoms with Gasteiger partial charge in [0.05, 0.1) is 13.0 Å². The molecule has 0 heterocycles. The van der Waals surface area contributed by atoms with Gasteiger partial charge in [-0.1, -0.05) is 44.2 Å². The molecule has 0 bridgehead atoms. The van der Waals surface area contributed by atoms with Gasteiger partial charge in [0.25, 0.3) is 0 Å². The molecule has 3 N–H and O–H groups in total. The Kier molecular flexibility index (Phi) is 9.45. The molecule has 0 amide bonds. The molecule has 2 aromatic carbocycles. The summed E-state index contributed by atoms with van der Waals surface area (Å²) in [4.78, 5) is 21.0. The van der Waals surface area contributed by atoms with Crippen molar-refractivity contribution < 1.29 is 29.6 Å². The lowest BCUT2D eigenvalue weighted by Gasteiger charge is -2.09. The van der Waals surface area contributed by atoms with E-state index in [1.165, 1.54) is 24.8 Å². The lowest BCUT2D eigenvalue weighted by Crippen LogP contribution is -2.07. The summed E-state index contributed by atoms with van der Waals surface area (Å²) in [6.45, 7) is 6.06. The van der Waals surface area contributed by atoms with Crippen molar-refractivity contribution in [3.8, 4) is 11.5 Å². The minimum absolute atomic E-state index is 0.0278. The highest BCUT2D eigenvalue weighted by molar-refractivity contribution is 5.85. The summed E-state index contributed by atoms with van der Waals surface area (Å²) < 4.78 is 4.86. The molecule has 2 rings (SSSR count). The largest absolute Gasteiger partial charge is 0.504 e. The Morgan fingerprint density at radius 1 is 1.03 bits per heavy atom. The van der Waals surface area contributed by atoms with Gasteiger partial charge in [-0.05, 0) is 54.2 Å². The van der Waals surface area contributed by atoms with E-state index in [2.05, 4.69) is 13.8 Å². The first-order chi connectivity index (χ1) is 13.6. The van der Waals surface area contributed by atoms with E-state index in [-0.39, 0.29) is 5.75 Å². The first-order valence-corrected chi connectivity index (χ1v) is 9.23. The van der Waals surface area contributed by atoms with Crippen molar-refractivity contribution in [1.29, 1.82) is 0 Å². The number of hydrogen-bond acceptors (Lipinski definition) is 4. The molecule has 0 saturated heterocycles. The average Bonchev–Trinajstić information content (AvgIpc) is 2.67. The van der Waals surface area contributed by atoms with Crippen LogP contribution in [-0.2, 0) is 16.0 Å². The molecule has 0 aliphatic carbocycles. The molecule has 0 spiro atoms. The van der Waals surface area contributed by atoms with E-state index in [9.17, 15) is 14.7 Å². The van der Waals surface area contributed by atoms with Crippen molar-refractivity contribution in [1.82, 2.24) is 0 Å². The summed E-state index contributed by atoms with van der Waals surface area (Å²) in [6.07, 6.45) is 3.48. The summed E-state index contributed by atoms with van der Waals surface area (Å²) >= 11 is 0. The summed E-state index contributed by atoms with van der Waals surface area (Å²) in [5.41, 5.74) is 2.79. The van der Waals surface area contributed by atoms with Crippen LogP contribution in [0.3, 0.4) is 0 Å². The molecule has 0 radical (unpaired) electrons. The summed E-state index contributed by atoms with van der Waals surface area (Å²) in [7, 11) is 1.43. The zero-order valence-electron chi connectivity index (χ0n) is 17.1. The molecule has 0 saturated carbocycles. The predicted octanol–water partition coefficient (Wildman–Crippen LogP) is 4.57. The topological polar surface area (TPSA) is 104 Å². The van der Waals surface area contributed by atoms with E-state index in [0.717, 1.165) is 18.1 Å². The van der Waals surface area contributed by atoms with Gasteiger partial charge in [0.15, 0.2) is 11.5 Å². The fraction of sp³-hybridized carbons (Fsp3) is 0.304. The van der Waals surface area contributed by atoms with Crippen molar-refractivity contribution >= 4 is 18.0 Å². The van der Waals surface area contributed by atoms with E-state index in [1.807, 2.05) is 24.3 Å². The molecule has 0 aromatic heterocycles. The first-order valence-electron chi connectivity index (χ1n) is 9.23. The molecule has 1 unspecified atom stereocenters. The highest BCUT2D eigenvalue weighted by Crippen LogP contribution is 2.26. The number of carboxylic acid groups (broad SMARTS) is 2. The Hall–Kier alpha value is -3.28. The van der Waals surface area contributed by atoms with Gasteiger partial charge in [-0.15, -0.1) is 0 Å². The van der Waals surface area contributed by atoms with Gasteiger partial charge in [0.2, 0.25) is 0 Å². The van der Waals surface area contributed by atoms with Gasteiger partial charge < -0.3 is 20.1 Å². The fourth-order valence-electron chi connectivity index (χ4n) is 2.52. The van der Waals surface area contributed by atoms with Crippen LogP contribution in [0.1, 0.15) is 43.4 Å². The minimum Gasteiger partial charge on any atom is -0.504 e. The zero-order valence-corrected chi connectivity index (χ0v) is 17.1. The summed E-state index contributed by atoms with van der Waals surface area (Å²) in [5.74, 6) is -1.23. The van der Waals surface area contributed by atoms with E-state index in [0.29, 0.717) is 17.2 Å². The fourth-order valence-corrected chi connectivity index (χ4v) is 2.52. The molecule has 1 atom stereocenters. The predicted molar refractivity (Wildman–Crippen MR) is 112 cm³/mol. The number of phenolic OH excluding ortho intramolecular Hbond substituents is 1. The third-order valence-electron chi connectivity index (χ3n) is 4.12. The van der Waals surface area contributed by atoms with E-state index in [4.69, 9.17) is 14.9 Å². The number of rotatable bonds is 7. The molecule has 6 nitrogen and oxygen atoms in total. The number of benzene rings is 2. The van der Waals surface area contributed by atoms with Crippen molar-refractivity contribution in [2.45, 2.75) is 33.1 Å². The van der Waals surface area contributed by atoms with Crippen LogP contribution < -0.4 is 4.74 Å². The van der Waals surface area contributed by atoms with Crippen LogP contribution in [0.2, 0.25) is 0 Å². The van der Waals surface area contributed by atoms with Gasteiger partial charge in [-0.2, -0.15) is 0 Å². The van der Waals surface area contributed by atoms with Crippen LogP contribution >= 0.6 is 0 Å². The maximum atomic E-state index is 10.8. The quantitative estimate of drug-likeness (QED) is 0.588. The maximum Gasteiger partial charge on any atom is 0.328 e. The number of carboxylic acids is 2. The van der Waals surface area contributed by atoms with Gasteiger partial charge in [-0.25, -0.2) is 4.79 Å². The van der Waals surface area contributed by atoms with Gasteiger partial charge in [-0.3, -0.25) is 4.79 Å². The van der Waals surface area contributed by atoms with Crippen molar-refractivity contribution in [3.05, 3.63) is 65.2 Å². The average molecular weight is 400 g/mol. The third-order valence-corrected chi connectivity index (χ3v) is 4.12. The minimum atomic E-state index is -1.02. The molecular formula is C23H28O6. The number of carbonyl (C=O) groups is 2. The van der Waals surface area contributed by atoms with E-state index >= 15 is 0 Å². The SMILES string of the molecule is CC(C)Cc1ccc(C(C)C(=O)O)cc1.COc1cc(/C=C/C(=O)O)ccc1O. The third kappa shape index (κ3) is 8.51. The van der Waals surface area contributed by atoms with Crippen molar-refractivity contribution in [3.63, 3.8) is 0 Å². The highest BCUT2D eigenvalue weighted by atomic mass is 16.5. The van der Waals surface area contributed by atoms with E-state index in [1.54, 1.807) is 19.1 Å². The Balaban J connectivity index is 0.000000291. The van der Waals surface area contributed by atoms with E-state index < -0.39 is 17.9 Å². The second-order valence-corrected chi connectivity index (χ2v) is 7.00. The Labute approximate surface area is 171 Å². The van der Waals surface area contributed by atoms with Crippen LogP contribution in [0.5, 0.6) is 11.5 Å². The smallest absolute Gasteiger partial charge is 0.328 e. The standard InChI is InChI=1S/C13H18O2.C10H10O4/c1-9(2)8-11-4-6-12(7-5-11)10(3)13(14)15;1-14-9-6-7(2-4-8(9)11)3-5-10(12)13/h4-7,9-10H,8H2,1-3H3,(H,14,15);2-6,11H,1H3,(H,12,13)/b;5-3+. The number of methoxy groups -OCH3 is 1. The summed E-state index contributed by atoms with van der Waals surface area (Å²) in [5, 5.41) is 26.5. The van der Waals surface area contributed by atoms with Crippen molar-refractivity contribution in [2.24, 2.45) is 5.92 Å². The molecule has 0 fully saturated rings. The van der Waals surface area contributed by atoms with Gasteiger partial charge in [0, 0.05) is 6.08 Å². The lowest BCUT2D eigenvalue weighted by molar-refractivity contribution is -0.138. The molecule has 29 heavy (non-hydrogen) atoms. The van der Waals surface area contributed by atoms with Crippen LogP contribution in [0.25, 0.3) is 6.08 Å². The molecule has 0 aliphatic heterocycles. The molecule has 2 aromatic rings. The number of hydrogen-bond donors (Lipinski definition) is 3. The Bertz CT molecular complexity index is 837. The Morgan fingerprint density at radius 2 is 1.66 bits per heavy atom. The molecule has 6 heteroatoms. The second-order valence-electron chi connectivity index (χ2n) is 7.00. The maximum absolute atomic E-state index is 10.8. The van der Waals surface area contributed by atoms with Gasteiger partial charge in [0.1, 0.15) is 0 Å². The van der Waals surface area contributed by atoms with Crippen molar-refractivity contribution in [2.75, 3.05) is 7.11 Å². The lowest BCUT2D eigenvalue weighted by atomic mass is 9.97.